The van der Waals surface area contributed by atoms with Crippen LogP contribution in [0.4, 0.5) is 0 Å². The van der Waals surface area contributed by atoms with Crippen LogP contribution in [0.2, 0.25) is 0 Å². The monoisotopic (exact) mass is 305 g/mol. The molecule has 0 fully saturated rings. The van der Waals surface area contributed by atoms with Crippen LogP contribution in [-0.2, 0) is 0 Å². The molecule has 124 valence electrons. The van der Waals surface area contributed by atoms with Gasteiger partial charge in [0.1, 0.15) is 5.75 Å². The molecule has 0 N–H and O–H groups in total. The molecule has 0 radical (unpaired) electrons. The zero-order valence-electron chi connectivity index (χ0n) is 14.8. The Kier molecular flexibility index (Phi) is 8.18. The van der Waals surface area contributed by atoms with Crippen LogP contribution in [0, 0.1) is 12.8 Å². The van der Waals surface area contributed by atoms with Crippen LogP contribution < -0.4 is 4.74 Å². The summed E-state index contributed by atoms with van der Waals surface area (Å²) in [6, 6.07) is 5.77. The Morgan fingerprint density at radius 3 is 2.32 bits per heavy atom. The molecule has 0 saturated carbocycles. The lowest BCUT2D eigenvalue weighted by Gasteiger charge is -2.20. The third-order valence-electron chi connectivity index (χ3n) is 3.52. The molecular weight excluding hydrogens is 274 g/mol. The molecule has 0 atom stereocenters. The van der Waals surface area contributed by atoms with Crippen LogP contribution in [0.1, 0.15) is 56.5 Å². The number of carbonyl (C=O) groups excluding carboxylic acids is 1. The molecule has 1 aromatic carbocycles. The van der Waals surface area contributed by atoms with Crippen molar-refractivity contribution >= 4 is 5.78 Å². The van der Waals surface area contributed by atoms with Gasteiger partial charge in [-0.25, -0.2) is 0 Å². The fraction of sp³-hybridized carbons (Fsp3) is 0.632. The van der Waals surface area contributed by atoms with Gasteiger partial charge in [-0.15, -0.1) is 0 Å². The summed E-state index contributed by atoms with van der Waals surface area (Å²) in [6.07, 6.45) is 2.16. The largest absolute Gasteiger partial charge is 0.493 e. The van der Waals surface area contributed by atoms with Crippen LogP contribution in [0.15, 0.2) is 18.2 Å². The van der Waals surface area contributed by atoms with E-state index in [2.05, 4.69) is 32.6 Å². The smallest absolute Gasteiger partial charge is 0.176 e. The first-order valence-corrected chi connectivity index (χ1v) is 8.46. The lowest BCUT2D eigenvalue weighted by atomic mass is 10.1. The van der Waals surface area contributed by atoms with Crippen LogP contribution in [-0.4, -0.2) is 36.9 Å². The molecule has 0 amide bonds. The minimum atomic E-state index is 0.195. The summed E-state index contributed by atoms with van der Waals surface area (Å²) < 4.78 is 5.77. The first-order chi connectivity index (χ1) is 10.5. The van der Waals surface area contributed by atoms with Crippen molar-refractivity contribution in [3.63, 3.8) is 0 Å². The maximum Gasteiger partial charge on any atom is 0.176 e. The fourth-order valence-electron chi connectivity index (χ4n) is 2.44. The molecule has 0 aliphatic carbocycles. The maximum atomic E-state index is 12.5. The predicted octanol–water partition coefficient (Wildman–Crippen LogP) is 4.33. The Morgan fingerprint density at radius 1 is 1.18 bits per heavy atom. The van der Waals surface area contributed by atoms with Crippen LogP contribution in [0.5, 0.6) is 5.75 Å². The number of hydrogen-bond donors (Lipinski definition) is 0. The van der Waals surface area contributed by atoms with Crippen molar-refractivity contribution in [3.8, 4) is 5.75 Å². The summed E-state index contributed by atoms with van der Waals surface area (Å²) in [5, 5.41) is 0. The second-order valence-corrected chi connectivity index (χ2v) is 6.38. The van der Waals surface area contributed by atoms with E-state index < -0.39 is 0 Å². The van der Waals surface area contributed by atoms with E-state index in [1.54, 1.807) is 0 Å². The second kappa shape index (κ2) is 9.62. The summed E-state index contributed by atoms with van der Waals surface area (Å²) in [4.78, 5) is 14.7. The minimum Gasteiger partial charge on any atom is -0.493 e. The number of ketones is 1. The zero-order valence-corrected chi connectivity index (χ0v) is 14.8. The Balaban J connectivity index is 2.71. The van der Waals surface area contributed by atoms with E-state index in [4.69, 9.17) is 4.74 Å². The van der Waals surface area contributed by atoms with Gasteiger partial charge >= 0.3 is 0 Å². The van der Waals surface area contributed by atoms with Crippen molar-refractivity contribution in [1.29, 1.82) is 0 Å². The van der Waals surface area contributed by atoms with Gasteiger partial charge in [0, 0.05) is 5.56 Å². The summed E-state index contributed by atoms with van der Waals surface area (Å²) >= 11 is 0. The first kappa shape index (κ1) is 18.7. The van der Waals surface area contributed by atoms with Crippen molar-refractivity contribution in [2.45, 2.75) is 47.5 Å². The average molecular weight is 305 g/mol. The molecule has 1 aromatic rings. The van der Waals surface area contributed by atoms with Crippen LogP contribution in [0.25, 0.3) is 0 Å². The molecule has 0 saturated heterocycles. The number of nitrogens with zero attached hydrogens (tertiary/aromatic N) is 1. The molecule has 1 rings (SSSR count). The molecule has 0 unspecified atom stereocenters. The molecule has 0 spiro atoms. The Bertz CT molecular complexity index is 463. The van der Waals surface area contributed by atoms with E-state index in [9.17, 15) is 4.79 Å². The van der Waals surface area contributed by atoms with Gasteiger partial charge in [0.05, 0.1) is 13.2 Å². The van der Waals surface area contributed by atoms with Gasteiger partial charge in [-0.3, -0.25) is 9.69 Å². The molecular formula is C19H31NO2. The summed E-state index contributed by atoms with van der Waals surface area (Å²) in [5.41, 5.74) is 1.82. The van der Waals surface area contributed by atoms with E-state index in [1.165, 1.54) is 0 Å². The second-order valence-electron chi connectivity index (χ2n) is 6.38. The molecule has 3 nitrogen and oxygen atoms in total. The standard InChI is InChI=1S/C19H31NO2/c1-6-10-20(11-7-2)13-18(21)17-8-9-19(16(5)12-17)22-14-15(3)4/h8-9,12,15H,6-7,10-11,13-14H2,1-5H3. The van der Waals surface area contributed by atoms with Gasteiger partial charge in [0.15, 0.2) is 5.78 Å². The van der Waals surface area contributed by atoms with Crippen molar-refractivity contribution in [2.24, 2.45) is 5.92 Å². The topological polar surface area (TPSA) is 29.5 Å². The van der Waals surface area contributed by atoms with E-state index in [-0.39, 0.29) is 5.78 Å². The van der Waals surface area contributed by atoms with Crippen molar-refractivity contribution in [3.05, 3.63) is 29.3 Å². The van der Waals surface area contributed by atoms with Crippen molar-refractivity contribution in [1.82, 2.24) is 4.90 Å². The lowest BCUT2D eigenvalue weighted by Crippen LogP contribution is -2.31. The minimum absolute atomic E-state index is 0.195. The highest BCUT2D eigenvalue weighted by Gasteiger charge is 2.13. The molecule has 0 aliphatic heterocycles. The number of rotatable bonds is 10. The maximum absolute atomic E-state index is 12.5. The van der Waals surface area contributed by atoms with E-state index in [1.807, 2.05) is 25.1 Å². The van der Waals surface area contributed by atoms with Crippen LogP contribution in [0.3, 0.4) is 0 Å². The van der Waals surface area contributed by atoms with Crippen molar-refractivity contribution in [2.75, 3.05) is 26.2 Å². The molecule has 0 aromatic heterocycles. The Morgan fingerprint density at radius 2 is 1.82 bits per heavy atom. The van der Waals surface area contributed by atoms with Gasteiger partial charge in [-0.1, -0.05) is 27.7 Å². The lowest BCUT2D eigenvalue weighted by molar-refractivity contribution is 0.0930. The van der Waals surface area contributed by atoms with Crippen LogP contribution >= 0.6 is 0 Å². The number of carbonyl (C=O) groups is 1. The molecule has 0 bridgehead atoms. The summed E-state index contributed by atoms with van der Waals surface area (Å²) in [6.45, 7) is 13.7. The number of aryl methyl sites for hydroxylation is 1. The molecule has 0 aliphatic rings. The highest BCUT2D eigenvalue weighted by atomic mass is 16.5. The predicted molar refractivity (Wildman–Crippen MR) is 92.9 cm³/mol. The van der Waals surface area contributed by atoms with Gasteiger partial charge in [0.2, 0.25) is 0 Å². The number of ether oxygens (including phenoxy) is 1. The summed E-state index contributed by atoms with van der Waals surface area (Å²) in [5.74, 6) is 1.57. The number of Topliss-reactive ketones (excluding diaryl/α,β-unsaturated/α-hetero) is 1. The fourth-order valence-corrected chi connectivity index (χ4v) is 2.44. The highest BCUT2D eigenvalue weighted by molar-refractivity contribution is 5.97. The van der Waals surface area contributed by atoms with Gasteiger partial charge < -0.3 is 4.74 Å². The van der Waals surface area contributed by atoms with Gasteiger partial charge in [-0.2, -0.15) is 0 Å². The molecule has 0 heterocycles. The third kappa shape index (κ3) is 6.18. The van der Waals surface area contributed by atoms with E-state index in [0.29, 0.717) is 19.1 Å². The average Bonchev–Trinajstić information content (AvgIpc) is 2.46. The normalized spacial score (nSPS) is 11.2. The Labute approximate surface area is 135 Å². The molecule has 3 heteroatoms. The van der Waals surface area contributed by atoms with E-state index in [0.717, 1.165) is 42.8 Å². The highest BCUT2D eigenvalue weighted by Crippen LogP contribution is 2.20. The number of benzene rings is 1. The zero-order chi connectivity index (χ0) is 16.5. The Hall–Kier alpha value is -1.35. The first-order valence-electron chi connectivity index (χ1n) is 8.46. The third-order valence-corrected chi connectivity index (χ3v) is 3.52. The van der Waals surface area contributed by atoms with E-state index >= 15 is 0 Å². The van der Waals surface area contributed by atoms with Crippen molar-refractivity contribution < 1.29 is 9.53 Å². The quantitative estimate of drug-likeness (QED) is 0.602. The summed E-state index contributed by atoms with van der Waals surface area (Å²) in [7, 11) is 0. The SMILES string of the molecule is CCCN(CCC)CC(=O)c1ccc(OCC(C)C)c(C)c1. The molecule has 22 heavy (non-hydrogen) atoms. The number of hydrogen-bond acceptors (Lipinski definition) is 3. The van der Waals surface area contributed by atoms with Gasteiger partial charge in [0.25, 0.3) is 0 Å². The van der Waals surface area contributed by atoms with Gasteiger partial charge in [-0.05, 0) is 62.5 Å².